The number of pyridine rings is 1. The maximum absolute atomic E-state index is 12.0. The van der Waals surface area contributed by atoms with Gasteiger partial charge in [-0.25, -0.2) is 0 Å². The number of hydrogen-bond acceptors (Lipinski definition) is 7. The third-order valence-electron chi connectivity index (χ3n) is 7.25. The van der Waals surface area contributed by atoms with Crippen LogP contribution in [0.3, 0.4) is 0 Å². The number of anilines is 2. The quantitative estimate of drug-likeness (QED) is 0.320. The van der Waals surface area contributed by atoms with Crippen molar-refractivity contribution in [2.24, 2.45) is 17.4 Å². The average molecular weight is 534 g/mol. The van der Waals surface area contributed by atoms with Crippen molar-refractivity contribution in [3.63, 3.8) is 0 Å². The molecule has 5 N–H and O–H groups in total. The van der Waals surface area contributed by atoms with E-state index in [9.17, 15) is 9.59 Å². The largest absolute Gasteiger partial charge is 0.490 e. The number of ether oxygens (including phenoxy) is 2. The maximum Gasteiger partial charge on any atom is 0.221 e. The van der Waals surface area contributed by atoms with Gasteiger partial charge in [0.2, 0.25) is 11.8 Å². The van der Waals surface area contributed by atoms with Crippen LogP contribution in [0.15, 0.2) is 36.5 Å². The van der Waals surface area contributed by atoms with Crippen molar-refractivity contribution in [2.45, 2.75) is 53.0 Å². The summed E-state index contributed by atoms with van der Waals surface area (Å²) in [6.45, 7) is 9.46. The molecular formula is C30H39N5O4. The van der Waals surface area contributed by atoms with E-state index in [4.69, 9.17) is 20.9 Å². The fourth-order valence-electron chi connectivity index (χ4n) is 5.32. The molecule has 1 saturated heterocycles. The number of fused-ring (bicyclic) bond motifs is 1. The number of benzene rings is 2. The number of piperidine rings is 1. The lowest BCUT2D eigenvalue weighted by Crippen LogP contribution is -2.38. The standard InChI is InChI=1S/C30H39N5O4/c1-4-22-20(18-35-12-10-19(11-13-35)30(32)37)8-7-9-24(22)34-29-21(14-28(31)36)17-33-25-16-27(39-6-3)26(38-5-2)15-23(25)29/h7-9,15-17,19H,4-6,10-14,18H2,1-3H3,(H2,31,36)(H2,32,37)(H,33,34). The van der Waals surface area contributed by atoms with Crippen LogP contribution in [-0.4, -0.2) is 48.0 Å². The Morgan fingerprint density at radius 1 is 1.03 bits per heavy atom. The number of nitrogens with two attached hydrogens (primary N) is 2. The first-order valence-electron chi connectivity index (χ1n) is 13.7. The van der Waals surface area contributed by atoms with E-state index >= 15 is 0 Å². The predicted molar refractivity (Wildman–Crippen MR) is 153 cm³/mol. The molecule has 2 aromatic carbocycles. The number of amides is 2. The monoisotopic (exact) mass is 533 g/mol. The Kier molecular flexibility index (Phi) is 9.24. The molecular weight excluding hydrogens is 494 g/mol. The molecule has 1 aromatic heterocycles. The van der Waals surface area contributed by atoms with E-state index in [1.165, 1.54) is 11.1 Å². The van der Waals surface area contributed by atoms with Crippen LogP contribution in [0.5, 0.6) is 11.5 Å². The summed E-state index contributed by atoms with van der Waals surface area (Å²) in [6, 6.07) is 10.0. The van der Waals surface area contributed by atoms with Crippen LogP contribution in [0.25, 0.3) is 10.9 Å². The maximum atomic E-state index is 12.0. The van der Waals surface area contributed by atoms with Crippen molar-refractivity contribution in [3.8, 4) is 11.5 Å². The van der Waals surface area contributed by atoms with Gasteiger partial charge < -0.3 is 26.3 Å². The van der Waals surface area contributed by atoms with Crippen LogP contribution in [0.1, 0.15) is 50.3 Å². The molecule has 0 radical (unpaired) electrons. The molecule has 9 nitrogen and oxygen atoms in total. The third-order valence-corrected chi connectivity index (χ3v) is 7.25. The number of primary amides is 2. The third kappa shape index (κ3) is 6.60. The van der Waals surface area contributed by atoms with Crippen LogP contribution in [0, 0.1) is 5.92 Å². The van der Waals surface area contributed by atoms with E-state index in [1.54, 1.807) is 6.20 Å². The molecule has 2 heterocycles. The molecule has 9 heteroatoms. The first-order chi connectivity index (χ1) is 18.8. The summed E-state index contributed by atoms with van der Waals surface area (Å²) in [5.41, 5.74) is 16.7. The minimum absolute atomic E-state index is 0.0339. The zero-order chi connectivity index (χ0) is 27.9. The second-order valence-corrected chi connectivity index (χ2v) is 9.86. The molecule has 1 aliphatic rings. The summed E-state index contributed by atoms with van der Waals surface area (Å²) in [4.78, 5) is 30.5. The van der Waals surface area contributed by atoms with Crippen molar-refractivity contribution in [2.75, 3.05) is 31.6 Å². The number of nitrogens with zero attached hydrogens (tertiary/aromatic N) is 2. The zero-order valence-corrected chi connectivity index (χ0v) is 23.1. The molecule has 4 rings (SSSR count). The number of carbonyl (C=O) groups excluding carboxylic acids is 2. The van der Waals surface area contributed by atoms with Crippen LogP contribution in [0.2, 0.25) is 0 Å². The molecule has 0 spiro atoms. The van der Waals surface area contributed by atoms with E-state index in [0.29, 0.717) is 30.3 Å². The highest BCUT2D eigenvalue weighted by atomic mass is 16.5. The molecule has 1 aliphatic heterocycles. The summed E-state index contributed by atoms with van der Waals surface area (Å²) in [5.74, 6) is 0.584. The normalized spacial score (nSPS) is 14.3. The van der Waals surface area contributed by atoms with Gasteiger partial charge in [0.05, 0.1) is 30.8 Å². The summed E-state index contributed by atoms with van der Waals surface area (Å²) in [7, 11) is 0. The SMILES string of the molecule is CCOc1cc2ncc(CC(N)=O)c(Nc3cccc(CN4CCC(C(N)=O)CC4)c3CC)c2cc1OCC. The molecule has 208 valence electrons. The average Bonchev–Trinajstić information content (AvgIpc) is 2.91. The number of likely N-dealkylation sites (tertiary alicyclic amines) is 1. The second-order valence-electron chi connectivity index (χ2n) is 9.86. The van der Waals surface area contributed by atoms with Crippen molar-refractivity contribution < 1.29 is 19.1 Å². The lowest BCUT2D eigenvalue weighted by Gasteiger charge is -2.31. The van der Waals surface area contributed by atoms with Crippen molar-refractivity contribution in [3.05, 3.63) is 53.2 Å². The van der Waals surface area contributed by atoms with E-state index < -0.39 is 5.91 Å². The Hall–Kier alpha value is -3.85. The van der Waals surface area contributed by atoms with E-state index in [-0.39, 0.29) is 18.2 Å². The van der Waals surface area contributed by atoms with Crippen LogP contribution in [0.4, 0.5) is 11.4 Å². The van der Waals surface area contributed by atoms with Gasteiger partial charge in [0.1, 0.15) is 0 Å². The van der Waals surface area contributed by atoms with Crippen LogP contribution >= 0.6 is 0 Å². The Labute approximate surface area is 229 Å². The van der Waals surface area contributed by atoms with Crippen LogP contribution in [-0.2, 0) is 29.0 Å². The Balaban J connectivity index is 1.72. The predicted octanol–water partition coefficient (Wildman–Crippen LogP) is 4.06. The van der Waals surface area contributed by atoms with E-state index in [1.807, 2.05) is 32.0 Å². The number of nitrogens with one attached hydrogen (secondary N) is 1. The lowest BCUT2D eigenvalue weighted by molar-refractivity contribution is -0.123. The van der Waals surface area contributed by atoms with Gasteiger partial charge in [-0.3, -0.25) is 19.5 Å². The fraction of sp³-hybridized carbons (Fsp3) is 0.433. The highest BCUT2D eigenvalue weighted by Gasteiger charge is 2.24. The van der Waals surface area contributed by atoms with Crippen molar-refractivity contribution in [1.29, 1.82) is 0 Å². The number of carbonyl (C=O) groups is 2. The van der Waals surface area contributed by atoms with Gasteiger partial charge in [0.15, 0.2) is 11.5 Å². The fourth-order valence-corrected chi connectivity index (χ4v) is 5.32. The lowest BCUT2D eigenvalue weighted by atomic mass is 9.95. The van der Waals surface area contributed by atoms with Gasteiger partial charge in [-0.05, 0) is 69.5 Å². The molecule has 0 bridgehead atoms. The van der Waals surface area contributed by atoms with Gasteiger partial charge in [-0.15, -0.1) is 0 Å². The molecule has 2 amide bonds. The van der Waals surface area contributed by atoms with Crippen LogP contribution < -0.4 is 26.3 Å². The molecule has 39 heavy (non-hydrogen) atoms. The van der Waals surface area contributed by atoms with Gasteiger partial charge in [0.25, 0.3) is 0 Å². The Bertz CT molecular complexity index is 1330. The minimum Gasteiger partial charge on any atom is -0.490 e. The van der Waals surface area contributed by atoms with E-state index in [2.05, 4.69) is 34.3 Å². The summed E-state index contributed by atoms with van der Waals surface area (Å²) in [5, 5.41) is 4.46. The molecule has 1 fully saturated rings. The zero-order valence-electron chi connectivity index (χ0n) is 23.1. The van der Waals surface area contributed by atoms with Gasteiger partial charge in [-0.2, -0.15) is 0 Å². The molecule has 0 unspecified atom stereocenters. The van der Waals surface area contributed by atoms with E-state index in [0.717, 1.165) is 61.2 Å². The topological polar surface area (TPSA) is 133 Å². The highest BCUT2D eigenvalue weighted by Crippen LogP contribution is 2.38. The summed E-state index contributed by atoms with van der Waals surface area (Å²) < 4.78 is 11.7. The molecule has 0 atom stereocenters. The van der Waals surface area contributed by atoms with Crippen molar-refractivity contribution in [1.82, 2.24) is 9.88 Å². The molecule has 0 saturated carbocycles. The smallest absolute Gasteiger partial charge is 0.221 e. The molecule has 0 aliphatic carbocycles. The second kappa shape index (κ2) is 12.8. The summed E-state index contributed by atoms with van der Waals surface area (Å²) in [6.07, 6.45) is 4.16. The first kappa shape index (κ1) is 28.2. The minimum atomic E-state index is -0.431. The Morgan fingerprint density at radius 2 is 1.72 bits per heavy atom. The summed E-state index contributed by atoms with van der Waals surface area (Å²) >= 11 is 0. The molecule has 3 aromatic rings. The highest BCUT2D eigenvalue weighted by molar-refractivity contribution is 5.98. The van der Waals surface area contributed by atoms with Gasteiger partial charge >= 0.3 is 0 Å². The Morgan fingerprint density at radius 3 is 2.33 bits per heavy atom. The van der Waals surface area contributed by atoms with Gasteiger partial charge in [0, 0.05) is 41.4 Å². The number of hydrogen-bond donors (Lipinski definition) is 3. The van der Waals surface area contributed by atoms with Crippen molar-refractivity contribution >= 4 is 34.1 Å². The number of rotatable bonds is 12. The van der Waals surface area contributed by atoms with Gasteiger partial charge in [-0.1, -0.05) is 19.1 Å². The first-order valence-corrected chi connectivity index (χ1v) is 13.7. The number of aromatic nitrogens is 1.